The van der Waals surface area contributed by atoms with Crippen LogP contribution in [0.1, 0.15) is 11.4 Å². The van der Waals surface area contributed by atoms with E-state index in [9.17, 15) is 4.79 Å². The van der Waals surface area contributed by atoms with Gasteiger partial charge in [-0.05, 0) is 19.1 Å². The van der Waals surface area contributed by atoms with E-state index in [0.717, 1.165) is 5.69 Å². The topological polar surface area (TPSA) is 96.7 Å². The van der Waals surface area contributed by atoms with Crippen LogP contribution in [0.15, 0.2) is 34.2 Å². The summed E-state index contributed by atoms with van der Waals surface area (Å²) in [7, 11) is 0. The van der Waals surface area contributed by atoms with Gasteiger partial charge in [-0.2, -0.15) is 0 Å². The summed E-state index contributed by atoms with van der Waals surface area (Å²) in [6.45, 7) is 1.79. The number of nitrogen functional groups attached to an aromatic ring is 1. The lowest BCUT2D eigenvalue weighted by atomic mass is 10.4. The number of aromatic amines is 1. The van der Waals surface area contributed by atoms with Crippen LogP contribution in [0.5, 0.6) is 0 Å². The lowest BCUT2D eigenvalue weighted by Crippen LogP contribution is -2.09. The Morgan fingerprint density at radius 1 is 1.44 bits per heavy atom. The average Bonchev–Trinajstić information content (AvgIpc) is 2.35. The second-order valence-electron chi connectivity index (χ2n) is 3.64. The molecule has 0 spiro atoms. The molecule has 0 saturated carbocycles. The molecule has 2 aromatic heterocycles. The molecule has 2 aromatic rings. The van der Waals surface area contributed by atoms with Crippen LogP contribution in [0, 0.1) is 6.92 Å². The van der Waals surface area contributed by atoms with Crippen molar-refractivity contribution >= 4 is 17.6 Å². The molecule has 0 aliphatic rings. The Kier molecular flexibility index (Phi) is 3.96. The Morgan fingerprint density at radius 3 is 3.00 bits per heavy atom. The number of rotatable bonds is 4. The molecular formula is C11H13N5OS. The zero-order valence-electron chi connectivity index (χ0n) is 9.80. The van der Waals surface area contributed by atoms with Gasteiger partial charge in [0.15, 0.2) is 5.16 Å². The van der Waals surface area contributed by atoms with Crippen LogP contribution in [0.3, 0.4) is 0 Å². The molecule has 0 atom stereocenters. The number of hydrogen-bond donors (Lipinski definition) is 3. The summed E-state index contributed by atoms with van der Waals surface area (Å²) >= 11 is 1.42. The maximum atomic E-state index is 11.3. The van der Waals surface area contributed by atoms with Crippen LogP contribution in [0.25, 0.3) is 0 Å². The summed E-state index contributed by atoms with van der Waals surface area (Å²) < 4.78 is 0. The van der Waals surface area contributed by atoms with Crippen molar-refractivity contribution in [3.05, 3.63) is 46.0 Å². The van der Waals surface area contributed by atoms with Crippen molar-refractivity contribution in [2.75, 3.05) is 5.43 Å². The van der Waals surface area contributed by atoms with Crippen LogP contribution in [-0.2, 0) is 5.75 Å². The van der Waals surface area contributed by atoms with Gasteiger partial charge in [0.05, 0.1) is 5.69 Å². The zero-order chi connectivity index (χ0) is 13.0. The van der Waals surface area contributed by atoms with Gasteiger partial charge in [0, 0.05) is 17.5 Å². The fourth-order valence-electron chi connectivity index (χ4n) is 1.40. The number of H-pyrrole nitrogens is 1. The number of nitrogens with zero attached hydrogens (tertiary/aromatic N) is 2. The minimum atomic E-state index is -0.143. The molecule has 0 bridgehead atoms. The van der Waals surface area contributed by atoms with Crippen molar-refractivity contribution < 1.29 is 0 Å². The third-order valence-electron chi connectivity index (χ3n) is 2.16. The van der Waals surface area contributed by atoms with E-state index in [-0.39, 0.29) is 5.56 Å². The second kappa shape index (κ2) is 5.65. The number of thioether (sulfide) groups is 1. The molecule has 2 rings (SSSR count). The Hall–Kier alpha value is -1.86. The number of nitrogens with two attached hydrogens (primary N) is 1. The van der Waals surface area contributed by atoms with Gasteiger partial charge in [-0.25, -0.2) is 15.8 Å². The molecule has 18 heavy (non-hydrogen) atoms. The van der Waals surface area contributed by atoms with Crippen LogP contribution in [0.4, 0.5) is 5.82 Å². The lowest BCUT2D eigenvalue weighted by molar-refractivity contribution is 0.904. The van der Waals surface area contributed by atoms with Gasteiger partial charge >= 0.3 is 0 Å². The minimum Gasteiger partial charge on any atom is -0.308 e. The van der Waals surface area contributed by atoms with E-state index in [2.05, 4.69) is 20.4 Å². The highest BCUT2D eigenvalue weighted by molar-refractivity contribution is 7.98. The first-order valence-electron chi connectivity index (χ1n) is 5.30. The van der Waals surface area contributed by atoms with Crippen LogP contribution in [0.2, 0.25) is 0 Å². The number of aryl methyl sites for hydroxylation is 1. The maximum Gasteiger partial charge on any atom is 0.251 e. The van der Waals surface area contributed by atoms with Crippen molar-refractivity contribution in [2.45, 2.75) is 17.8 Å². The highest BCUT2D eigenvalue weighted by Gasteiger charge is 2.02. The van der Waals surface area contributed by atoms with Gasteiger partial charge in [-0.15, -0.1) is 0 Å². The average molecular weight is 263 g/mol. The van der Waals surface area contributed by atoms with E-state index in [4.69, 9.17) is 5.84 Å². The molecule has 94 valence electrons. The third kappa shape index (κ3) is 3.31. The van der Waals surface area contributed by atoms with Gasteiger partial charge in [-0.1, -0.05) is 17.8 Å². The third-order valence-corrected chi connectivity index (χ3v) is 3.07. The number of pyridine rings is 1. The van der Waals surface area contributed by atoms with Crippen molar-refractivity contribution in [1.29, 1.82) is 0 Å². The van der Waals surface area contributed by atoms with Crippen molar-refractivity contribution in [1.82, 2.24) is 15.0 Å². The largest absolute Gasteiger partial charge is 0.308 e. The van der Waals surface area contributed by atoms with Gasteiger partial charge in [0.1, 0.15) is 5.82 Å². The van der Waals surface area contributed by atoms with Crippen LogP contribution in [-0.4, -0.2) is 15.0 Å². The van der Waals surface area contributed by atoms with E-state index >= 15 is 0 Å². The molecule has 0 aliphatic heterocycles. The Morgan fingerprint density at radius 2 is 2.28 bits per heavy atom. The Bertz CT molecular complexity index is 598. The first kappa shape index (κ1) is 12.6. The van der Waals surface area contributed by atoms with Crippen molar-refractivity contribution in [3.63, 3.8) is 0 Å². The van der Waals surface area contributed by atoms with Gasteiger partial charge < -0.3 is 10.4 Å². The van der Waals surface area contributed by atoms with Crippen molar-refractivity contribution in [2.24, 2.45) is 5.84 Å². The zero-order valence-corrected chi connectivity index (χ0v) is 10.6. The number of nitrogens with one attached hydrogen (secondary N) is 2. The molecule has 0 radical (unpaired) electrons. The standard InChI is InChI=1S/C11H13N5OS/c1-7-5-10(17)15-11(13-7)18-6-8-3-2-4-9(14-8)16-12/h2-5H,6,12H2,1H3,(H,14,16)(H,13,15,17). The summed E-state index contributed by atoms with van der Waals surface area (Å²) in [4.78, 5) is 22.5. The molecule has 0 unspecified atom stereocenters. The van der Waals surface area contributed by atoms with E-state index in [1.54, 1.807) is 13.0 Å². The molecule has 0 aromatic carbocycles. The maximum absolute atomic E-state index is 11.3. The molecule has 7 heteroatoms. The van der Waals surface area contributed by atoms with Gasteiger partial charge in [0.25, 0.3) is 5.56 Å². The monoisotopic (exact) mass is 263 g/mol. The Labute approximate surface area is 108 Å². The van der Waals surface area contributed by atoms with Crippen molar-refractivity contribution in [3.8, 4) is 0 Å². The molecule has 0 aliphatic carbocycles. The molecular weight excluding hydrogens is 250 g/mol. The molecule has 4 N–H and O–H groups in total. The minimum absolute atomic E-state index is 0.143. The first-order chi connectivity index (χ1) is 8.67. The summed E-state index contributed by atoms with van der Waals surface area (Å²) in [5.41, 5.74) is 3.91. The van der Waals surface area contributed by atoms with E-state index in [1.165, 1.54) is 17.8 Å². The smallest absolute Gasteiger partial charge is 0.251 e. The van der Waals surface area contributed by atoms with Gasteiger partial charge in [-0.3, -0.25) is 4.79 Å². The number of hydrogen-bond acceptors (Lipinski definition) is 6. The Balaban J connectivity index is 2.08. The highest BCUT2D eigenvalue weighted by Crippen LogP contribution is 2.17. The second-order valence-corrected chi connectivity index (χ2v) is 4.60. The predicted molar refractivity (Wildman–Crippen MR) is 71.2 cm³/mol. The quantitative estimate of drug-likeness (QED) is 0.330. The molecule has 6 nitrogen and oxygen atoms in total. The molecule has 0 amide bonds. The van der Waals surface area contributed by atoms with Crippen LogP contribution >= 0.6 is 11.8 Å². The number of aromatic nitrogens is 3. The van der Waals surface area contributed by atoms with E-state index < -0.39 is 0 Å². The fraction of sp³-hybridized carbons (Fsp3) is 0.182. The van der Waals surface area contributed by atoms with Crippen LogP contribution < -0.4 is 16.8 Å². The fourth-order valence-corrected chi connectivity index (χ4v) is 2.23. The SMILES string of the molecule is Cc1cc(=O)[nH]c(SCc2cccc(NN)n2)n1. The first-order valence-corrected chi connectivity index (χ1v) is 6.29. The normalized spacial score (nSPS) is 10.3. The number of anilines is 1. The van der Waals surface area contributed by atoms with Gasteiger partial charge in [0.2, 0.25) is 0 Å². The molecule has 0 fully saturated rings. The molecule has 0 saturated heterocycles. The van der Waals surface area contributed by atoms with E-state index in [0.29, 0.717) is 22.4 Å². The number of hydrazine groups is 1. The lowest BCUT2D eigenvalue weighted by Gasteiger charge is -2.03. The summed E-state index contributed by atoms with van der Waals surface area (Å²) in [6.07, 6.45) is 0. The summed E-state index contributed by atoms with van der Waals surface area (Å²) in [6, 6.07) is 6.99. The molecule has 2 heterocycles. The predicted octanol–water partition coefficient (Wildman–Crippen LogP) is 1.05. The summed E-state index contributed by atoms with van der Waals surface area (Å²) in [5.74, 6) is 6.51. The van der Waals surface area contributed by atoms with E-state index in [1.807, 2.05) is 12.1 Å². The summed E-state index contributed by atoms with van der Waals surface area (Å²) in [5, 5.41) is 0.591. The highest BCUT2D eigenvalue weighted by atomic mass is 32.2.